The second-order valence-corrected chi connectivity index (χ2v) is 4.69. The van der Waals surface area contributed by atoms with Gasteiger partial charge in [-0.1, -0.05) is 35.5 Å². The normalized spacial score (nSPS) is 11.8. The van der Waals surface area contributed by atoms with Gasteiger partial charge in [-0.25, -0.2) is 0 Å². The Morgan fingerprint density at radius 1 is 1.20 bits per heavy atom. The first-order chi connectivity index (χ1) is 9.69. The van der Waals surface area contributed by atoms with E-state index in [2.05, 4.69) is 34.2 Å². The van der Waals surface area contributed by atoms with Gasteiger partial charge in [-0.15, -0.1) is 0 Å². The van der Waals surface area contributed by atoms with Crippen molar-refractivity contribution >= 4 is 5.84 Å². The van der Waals surface area contributed by atoms with Crippen molar-refractivity contribution in [3.8, 4) is 0 Å². The molecule has 0 bridgehead atoms. The van der Waals surface area contributed by atoms with Crippen molar-refractivity contribution in [2.45, 2.75) is 13.1 Å². The number of oxime groups is 1. The van der Waals surface area contributed by atoms with Crippen LogP contribution < -0.4 is 5.73 Å². The Bertz CT molecular complexity index is 583. The van der Waals surface area contributed by atoms with Crippen molar-refractivity contribution in [2.24, 2.45) is 10.9 Å². The van der Waals surface area contributed by atoms with Crippen LogP contribution in [0.2, 0.25) is 0 Å². The molecule has 104 valence electrons. The molecule has 1 aromatic carbocycles. The molecule has 2 aromatic rings. The molecule has 20 heavy (non-hydrogen) atoms. The second-order valence-electron chi connectivity index (χ2n) is 4.69. The van der Waals surface area contributed by atoms with Crippen LogP contribution in [0, 0.1) is 0 Å². The number of nitrogens with zero attached hydrogens (tertiary/aromatic N) is 3. The van der Waals surface area contributed by atoms with Crippen LogP contribution in [0.3, 0.4) is 0 Å². The Hall–Kier alpha value is -2.40. The average Bonchev–Trinajstić information content (AvgIpc) is 2.47. The van der Waals surface area contributed by atoms with Gasteiger partial charge in [0, 0.05) is 19.3 Å². The standard InChI is InChI=1S/C15H18N4O/c1-19(10-12-5-3-2-4-6-12)11-13-7-8-17-14(9-13)15(16)18-20/h2-9,20H,10-11H2,1H3,(H2,16,18). The minimum absolute atomic E-state index is 0.0255. The van der Waals surface area contributed by atoms with Crippen LogP contribution in [0.4, 0.5) is 0 Å². The Balaban J connectivity index is 2.03. The van der Waals surface area contributed by atoms with Crippen molar-refractivity contribution < 1.29 is 5.21 Å². The third kappa shape index (κ3) is 3.80. The summed E-state index contributed by atoms with van der Waals surface area (Å²) < 4.78 is 0. The summed E-state index contributed by atoms with van der Waals surface area (Å²) in [6, 6.07) is 14.0. The average molecular weight is 270 g/mol. The fourth-order valence-electron chi connectivity index (χ4n) is 2.03. The van der Waals surface area contributed by atoms with Gasteiger partial charge in [0.1, 0.15) is 5.69 Å². The predicted molar refractivity (Wildman–Crippen MR) is 78.4 cm³/mol. The Morgan fingerprint density at radius 2 is 1.90 bits per heavy atom. The SMILES string of the molecule is CN(Cc1ccccc1)Cc1ccnc(C(N)=NO)c1. The van der Waals surface area contributed by atoms with Crippen LogP contribution in [0.1, 0.15) is 16.8 Å². The molecule has 2 rings (SSSR count). The quantitative estimate of drug-likeness (QED) is 0.376. The van der Waals surface area contributed by atoms with Gasteiger partial charge in [0.05, 0.1) is 0 Å². The molecular weight excluding hydrogens is 252 g/mol. The molecule has 0 unspecified atom stereocenters. The van der Waals surface area contributed by atoms with Gasteiger partial charge >= 0.3 is 0 Å². The van der Waals surface area contributed by atoms with Crippen LogP contribution in [0.25, 0.3) is 0 Å². The van der Waals surface area contributed by atoms with Gasteiger partial charge < -0.3 is 10.9 Å². The molecule has 0 atom stereocenters. The van der Waals surface area contributed by atoms with Gasteiger partial charge in [-0.2, -0.15) is 0 Å². The van der Waals surface area contributed by atoms with Crippen LogP contribution in [-0.2, 0) is 13.1 Å². The lowest BCUT2D eigenvalue weighted by Gasteiger charge is -2.17. The summed E-state index contributed by atoms with van der Waals surface area (Å²) >= 11 is 0. The van der Waals surface area contributed by atoms with Gasteiger partial charge in [-0.3, -0.25) is 9.88 Å². The maximum atomic E-state index is 8.67. The minimum atomic E-state index is 0.0255. The Morgan fingerprint density at radius 3 is 2.60 bits per heavy atom. The van der Waals surface area contributed by atoms with Crippen molar-refractivity contribution in [3.63, 3.8) is 0 Å². The molecule has 1 aromatic heterocycles. The van der Waals surface area contributed by atoms with Crippen LogP contribution in [0.5, 0.6) is 0 Å². The van der Waals surface area contributed by atoms with Crippen molar-refractivity contribution in [2.75, 3.05) is 7.05 Å². The maximum absolute atomic E-state index is 8.67. The second kappa shape index (κ2) is 6.68. The first-order valence-electron chi connectivity index (χ1n) is 6.34. The number of hydrogen-bond donors (Lipinski definition) is 2. The largest absolute Gasteiger partial charge is 0.409 e. The van der Waals surface area contributed by atoms with E-state index in [4.69, 9.17) is 10.9 Å². The number of benzene rings is 1. The van der Waals surface area contributed by atoms with E-state index in [1.54, 1.807) is 6.20 Å². The van der Waals surface area contributed by atoms with E-state index in [9.17, 15) is 0 Å². The molecule has 0 aliphatic rings. The third-order valence-electron chi connectivity index (χ3n) is 2.94. The molecule has 0 amide bonds. The molecule has 1 heterocycles. The van der Waals surface area contributed by atoms with Crippen LogP contribution >= 0.6 is 0 Å². The van der Waals surface area contributed by atoms with E-state index >= 15 is 0 Å². The fourth-order valence-corrected chi connectivity index (χ4v) is 2.03. The number of aromatic nitrogens is 1. The number of rotatable bonds is 5. The zero-order valence-corrected chi connectivity index (χ0v) is 11.4. The number of hydrogen-bond acceptors (Lipinski definition) is 4. The highest BCUT2D eigenvalue weighted by Crippen LogP contribution is 2.08. The first-order valence-corrected chi connectivity index (χ1v) is 6.34. The molecule has 5 nitrogen and oxygen atoms in total. The number of nitrogens with two attached hydrogens (primary N) is 1. The summed E-state index contributed by atoms with van der Waals surface area (Å²) in [5.41, 5.74) is 8.36. The smallest absolute Gasteiger partial charge is 0.188 e. The van der Waals surface area contributed by atoms with Crippen molar-refractivity contribution in [3.05, 3.63) is 65.5 Å². The van der Waals surface area contributed by atoms with Gasteiger partial charge in [0.15, 0.2) is 5.84 Å². The zero-order valence-electron chi connectivity index (χ0n) is 11.4. The molecule has 0 aliphatic heterocycles. The summed E-state index contributed by atoms with van der Waals surface area (Å²) in [6.07, 6.45) is 1.67. The highest BCUT2D eigenvalue weighted by atomic mass is 16.4. The lowest BCUT2D eigenvalue weighted by molar-refractivity contribution is 0.317. The topological polar surface area (TPSA) is 74.7 Å². The van der Waals surface area contributed by atoms with E-state index in [1.165, 1.54) is 5.56 Å². The molecule has 0 fully saturated rings. The number of amidine groups is 1. The Kier molecular flexibility index (Phi) is 4.68. The first kappa shape index (κ1) is 14.0. The van der Waals surface area contributed by atoms with Crippen LogP contribution in [0.15, 0.2) is 53.8 Å². The lowest BCUT2D eigenvalue weighted by Crippen LogP contribution is -2.19. The fraction of sp³-hybridized carbons (Fsp3) is 0.200. The van der Waals surface area contributed by atoms with E-state index in [1.807, 2.05) is 30.3 Å². The lowest BCUT2D eigenvalue weighted by atomic mass is 10.2. The summed E-state index contributed by atoms with van der Waals surface area (Å²) in [6.45, 7) is 1.63. The van der Waals surface area contributed by atoms with E-state index in [0.717, 1.165) is 18.7 Å². The monoisotopic (exact) mass is 270 g/mol. The zero-order chi connectivity index (χ0) is 14.4. The summed E-state index contributed by atoms with van der Waals surface area (Å²) in [4.78, 5) is 6.26. The van der Waals surface area contributed by atoms with Gasteiger partial charge in [-0.05, 0) is 30.3 Å². The summed E-state index contributed by atoms with van der Waals surface area (Å²) in [5, 5.41) is 11.6. The van der Waals surface area contributed by atoms with E-state index in [-0.39, 0.29) is 5.84 Å². The highest BCUT2D eigenvalue weighted by Gasteiger charge is 2.05. The molecule has 3 N–H and O–H groups in total. The summed E-state index contributed by atoms with van der Waals surface area (Å²) in [5.74, 6) is 0.0255. The molecule has 0 saturated heterocycles. The molecule has 5 heteroatoms. The molecule has 0 spiro atoms. The van der Waals surface area contributed by atoms with Gasteiger partial charge in [0.2, 0.25) is 0 Å². The Labute approximate surface area is 118 Å². The maximum Gasteiger partial charge on any atom is 0.188 e. The van der Waals surface area contributed by atoms with Gasteiger partial charge in [0.25, 0.3) is 0 Å². The predicted octanol–water partition coefficient (Wildman–Crippen LogP) is 1.81. The molecular formula is C15H18N4O. The van der Waals surface area contributed by atoms with E-state index in [0.29, 0.717) is 5.69 Å². The third-order valence-corrected chi connectivity index (χ3v) is 2.94. The molecule has 0 aliphatic carbocycles. The summed E-state index contributed by atoms with van der Waals surface area (Å²) in [7, 11) is 2.05. The van der Waals surface area contributed by atoms with E-state index < -0.39 is 0 Å². The number of pyridine rings is 1. The highest BCUT2D eigenvalue weighted by molar-refractivity contribution is 5.95. The molecule has 0 saturated carbocycles. The van der Waals surface area contributed by atoms with Crippen LogP contribution in [-0.4, -0.2) is 28.0 Å². The molecule has 0 radical (unpaired) electrons. The van der Waals surface area contributed by atoms with Crippen molar-refractivity contribution in [1.82, 2.24) is 9.88 Å². The van der Waals surface area contributed by atoms with Crippen molar-refractivity contribution in [1.29, 1.82) is 0 Å². The minimum Gasteiger partial charge on any atom is -0.409 e.